The SMILES string of the molecule is COC(=O)COC1CCNC1. The lowest BCUT2D eigenvalue weighted by atomic mass is 10.3. The fraction of sp³-hybridized carbons (Fsp3) is 0.857. The fourth-order valence-electron chi connectivity index (χ4n) is 1.02. The normalized spacial score (nSPS) is 23.5. The highest BCUT2D eigenvalue weighted by atomic mass is 16.6. The first-order chi connectivity index (χ1) is 5.33. The van der Waals surface area contributed by atoms with Crippen LogP contribution >= 0.6 is 0 Å². The first kappa shape index (κ1) is 8.49. The van der Waals surface area contributed by atoms with Gasteiger partial charge in [0.25, 0.3) is 0 Å². The van der Waals surface area contributed by atoms with E-state index >= 15 is 0 Å². The molecule has 1 saturated heterocycles. The minimum Gasteiger partial charge on any atom is -0.467 e. The Morgan fingerprint density at radius 1 is 1.73 bits per heavy atom. The lowest BCUT2D eigenvalue weighted by molar-refractivity contribution is -0.147. The summed E-state index contributed by atoms with van der Waals surface area (Å²) in [6.45, 7) is 1.89. The van der Waals surface area contributed by atoms with E-state index in [9.17, 15) is 4.79 Å². The Morgan fingerprint density at radius 2 is 2.55 bits per heavy atom. The average molecular weight is 159 g/mol. The highest BCUT2D eigenvalue weighted by Gasteiger charge is 2.15. The monoisotopic (exact) mass is 159 g/mol. The Labute approximate surface area is 65.9 Å². The van der Waals surface area contributed by atoms with Gasteiger partial charge in [-0.05, 0) is 13.0 Å². The molecule has 4 heteroatoms. The van der Waals surface area contributed by atoms with Gasteiger partial charge in [-0.2, -0.15) is 0 Å². The second-order valence-electron chi connectivity index (χ2n) is 2.50. The molecule has 0 aromatic rings. The molecule has 64 valence electrons. The molecular weight excluding hydrogens is 146 g/mol. The Hall–Kier alpha value is -0.610. The number of hydrogen-bond acceptors (Lipinski definition) is 4. The second kappa shape index (κ2) is 4.31. The summed E-state index contributed by atoms with van der Waals surface area (Å²) in [7, 11) is 1.36. The zero-order chi connectivity index (χ0) is 8.10. The summed E-state index contributed by atoms with van der Waals surface area (Å²) in [5, 5.41) is 3.14. The lowest BCUT2D eigenvalue weighted by Crippen LogP contribution is -2.21. The standard InChI is InChI=1S/C7H13NO3/c1-10-7(9)5-11-6-2-3-8-4-6/h6,8H,2-5H2,1H3. The van der Waals surface area contributed by atoms with E-state index in [2.05, 4.69) is 10.1 Å². The maximum Gasteiger partial charge on any atom is 0.331 e. The van der Waals surface area contributed by atoms with E-state index in [0.717, 1.165) is 19.5 Å². The highest BCUT2D eigenvalue weighted by Crippen LogP contribution is 2.02. The third-order valence-corrected chi connectivity index (χ3v) is 1.68. The molecule has 1 unspecified atom stereocenters. The molecule has 1 heterocycles. The van der Waals surface area contributed by atoms with E-state index in [1.165, 1.54) is 7.11 Å². The van der Waals surface area contributed by atoms with E-state index in [0.29, 0.717) is 0 Å². The number of nitrogens with one attached hydrogen (secondary N) is 1. The third kappa shape index (κ3) is 2.86. The van der Waals surface area contributed by atoms with Crippen LogP contribution in [0.3, 0.4) is 0 Å². The van der Waals surface area contributed by atoms with Gasteiger partial charge in [0.1, 0.15) is 6.61 Å². The summed E-state index contributed by atoms with van der Waals surface area (Å²) < 4.78 is 9.64. The van der Waals surface area contributed by atoms with Crippen molar-refractivity contribution in [1.29, 1.82) is 0 Å². The molecule has 0 bridgehead atoms. The van der Waals surface area contributed by atoms with E-state index < -0.39 is 0 Å². The molecule has 1 atom stereocenters. The van der Waals surface area contributed by atoms with E-state index in [4.69, 9.17) is 4.74 Å². The summed E-state index contributed by atoms with van der Waals surface area (Å²) in [5.74, 6) is -0.308. The Balaban J connectivity index is 2.06. The molecule has 0 radical (unpaired) electrons. The van der Waals surface area contributed by atoms with E-state index in [-0.39, 0.29) is 18.7 Å². The van der Waals surface area contributed by atoms with Crippen molar-refractivity contribution in [2.75, 3.05) is 26.8 Å². The van der Waals surface area contributed by atoms with Gasteiger partial charge in [-0.3, -0.25) is 0 Å². The minimum absolute atomic E-state index is 0.0723. The van der Waals surface area contributed by atoms with Crippen LogP contribution in [0.5, 0.6) is 0 Å². The summed E-state index contributed by atoms with van der Waals surface area (Å²) >= 11 is 0. The predicted molar refractivity (Wildman–Crippen MR) is 39.2 cm³/mol. The molecule has 0 amide bonds. The molecule has 0 saturated carbocycles. The number of methoxy groups -OCH3 is 1. The molecule has 0 aliphatic carbocycles. The van der Waals surface area contributed by atoms with Crippen LogP contribution in [0.1, 0.15) is 6.42 Å². The largest absolute Gasteiger partial charge is 0.467 e. The molecule has 4 nitrogen and oxygen atoms in total. The predicted octanol–water partition coefficient (Wildman–Crippen LogP) is -0.462. The lowest BCUT2D eigenvalue weighted by Gasteiger charge is -2.07. The molecule has 1 aliphatic rings. The van der Waals surface area contributed by atoms with Crippen LogP contribution in [0.15, 0.2) is 0 Å². The van der Waals surface area contributed by atoms with Gasteiger partial charge < -0.3 is 14.8 Å². The van der Waals surface area contributed by atoms with E-state index in [1.54, 1.807) is 0 Å². The summed E-state index contributed by atoms with van der Waals surface area (Å²) in [4.78, 5) is 10.6. The van der Waals surface area contributed by atoms with Gasteiger partial charge in [-0.15, -0.1) is 0 Å². The molecule has 1 fully saturated rings. The molecule has 0 aromatic heterocycles. The van der Waals surface area contributed by atoms with Crippen molar-refractivity contribution in [2.45, 2.75) is 12.5 Å². The van der Waals surface area contributed by atoms with Crippen molar-refractivity contribution in [1.82, 2.24) is 5.32 Å². The molecule has 11 heavy (non-hydrogen) atoms. The van der Waals surface area contributed by atoms with Crippen LogP contribution in [0.25, 0.3) is 0 Å². The van der Waals surface area contributed by atoms with Gasteiger partial charge in [-0.1, -0.05) is 0 Å². The highest BCUT2D eigenvalue weighted by molar-refractivity contribution is 5.70. The zero-order valence-electron chi connectivity index (χ0n) is 6.63. The number of carbonyl (C=O) groups excluding carboxylic acids is 1. The van der Waals surface area contributed by atoms with Gasteiger partial charge in [0, 0.05) is 6.54 Å². The number of esters is 1. The van der Waals surface area contributed by atoms with Crippen molar-refractivity contribution in [3.8, 4) is 0 Å². The zero-order valence-corrected chi connectivity index (χ0v) is 6.63. The number of ether oxygens (including phenoxy) is 2. The Kier molecular flexibility index (Phi) is 3.32. The first-order valence-corrected chi connectivity index (χ1v) is 3.72. The molecule has 1 aliphatic heterocycles. The van der Waals surface area contributed by atoms with Gasteiger partial charge >= 0.3 is 5.97 Å². The molecular formula is C7H13NO3. The quantitative estimate of drug-likeness (QED) is 0.566. The minimum atomic E-state index is -0.308. The summed E-state index contributed by atoms with van der Waals surface area (Å²) in [6.07, 6.45) is 1.17. The topological polar surface area (TPSA) is 47.6 Å². The first-order valence-electron chi connectivity index (χ1n) is 3.72. The fourth-order valence-corrected chi connectivity index (χ4v) is 1.02. The summed E-state index contributed by atoms with van der Waals surface area (Å²) in [6, 6.07) is 0. The maximum absolute atomic E-state index is 10.6. The average Bonchev–Trinajstić information content (AvgIpc) is 2.52. The van der Waals surface area contributed by atoms with Gasteiger partial charge in [0.05, 0.1) is 13.2 Å². The van der Waals surface area contributed by atoms with E-state index in [1.807, 2.05) is 0 Å². The van der Waals surface area contributed by atoms with Gasteiger partial charge in [0.15, 0.2) is 0 Å². The van der Waals surface area contributed by atoms with Crippen LogP contribution in [0, 0.1) is 0 Å². The molecule has 0 spiro atoms. The second-order valence-corrected chi connectivity index (χ2v) is 2.50. The molecule has 0 aromatic carbocycles. The van der Waals surface area contributed by atoms with Crippen molar-refractivity contribution in [3.05, 3.63) is 0 Å². The molecule has 1 N–H and O–H groups in total. The maximum atomic E-state index is 10.6. The smallest absolute Gasteiger partial charge is 0.331 e. The Bertz CT molecular complexity index is 132. The molecule has 1 rings (SSSR count). The third-order valence-electron chi connectivity index (χ3n) is 1.68. The van der Waals surface area contributed by atoms with Crippen molar-refractivity contribution >= 4 is 5.97 Å². The van der Waals surface area contributed by atoms with Crippen LogP contribution in [-0.4, -0.2) is 38.9 Å². The van der Waals surface area contributed by atoms with Crippen molar-refractivity contribution < 1.29 is 14.3 Å². The van der Waals surface area contributed by atoms with Gasteiger partial charge in [-0.25, -0.2) is 4.79 Å². The van der Waals surface area contributed by atoms with Crippen LogP contribution in [0.4, 0.5) is 0 Å². The number of carbonyl (C=O) groups is 1. The van der Waals surface area contributed by atoms with Crippen molar-refractivity contribution in [3.63, 3.8) is 0 Å². The van der Waals surface area contributed by atoms with Crippen molar-refractivity contribution in [2.24, 2.45) is 0 Å². The Morgan fingerprint density at radius 3 is 3.09 bits per heavy atom. The number of hydrogen-bond donors (Lipinski definition) is 1. The number of rotatable bonds is 3. The van der Waals surface area contributed by atoms with Gasteiger partial charge in [0.2, 0.25) is 0 Å². The van der Waals surface area contributed by atoms with Crippen LogP contribution in [0.2, 0.25) is 0 Å². The van der Waals surface area contributed by atoms with Crippen LogP contribution < -0.4 is 5.32 Å². The summed E-state index contributed by atoms with van der Waals surface area (Å²) in [5.41, 5.74) is 0. The van der Waals surface area contributed by atoms with Crippen LogP contribution in [-0.2, 0) is 14.3 Å².